The number of benzene rings is 1. The van der Waals surface area contributed by atoms with E-state index in [1.807, 2.05) is 51.1 Å². The molecule has 0 bridgehead atoms. The quantitative estimate of drug-likeness (QED) is 0.787. The summed E-state index contributed by atoms with van der Waals surface area (Å²) in [7, 11) is -1.19. The van der Waals surface area contributed by atoms with E-state index in [2.05, 4.69) is 4.72 Å². The summed E-state index contributed by atoms with van der Waals surface area (Å²) in [6.45, 7) is 7.94. The van der Waals surface area contributed by atoms with E-state index in [0.717, 1.165) is 5.56 Å². The summed E-state index contributed by atoms with van der Waals surface area (Å²) in [4.78, 5) is 11.5. The molecule has 0 aliphatic heterocycles. The Bertz CT molecular complexity index is 468. The molecule has 0 aromatic heterocycles. The van der Waals surface area contributed by atoms with Gasteiger partial charge in [0, 0.05) is 12.5 Å². The summed E-state index contributed by atoms with van der Waals surface area (Å²) in [6.07, 6.45) is 0.867. The second kappa shape index (κ2) is 8.29. The molecule has 0 radical (unpaired) electrons. The lowest BCUT2D eigenvalue weighted by Crippen LogP contribution is -2.36. The van der Waals surface area contributed by atoms with Gasteiger partial charge in [0.15, 0.2) is 0 Å². The number of hydrogen-bond acceptors (Lipinski definition) is 3. The van der Waals surface area contributed by atoms with Crippen LogP contribution < -0.4 is 4.72 Å². The number of esters is 1. The van der Waals surface area contributed by atoms with Crippen molar-refractivity contribution >= 4 is 17.0 Å². The van der Waals surface area contributed by atoms with Crippen molar-refractivity contribution in [3.63, 3.8) is 0 Å². The Morgan fingerprint density at radius 1 is 1.29 bits per heavy atom. The fraction of sp³-hybridized carbons (Fsp3) is 0.562. The highest BCUT2D eigenvalue weighted by Crippen LogP contribution is 2.21. The van der Waals surface area contributed by atoms with Crippen molar-refractivity contribution in [2.75, 3.05) is 6.61 Å². The fourth-order valence-electron chi connectivity index (χ4n) is 1.78. The first-order chi connectivity index (χ1) is 9.84. The van der Waals surface area contributed by atoms with Gasteiger partial charge >= 0.3 is 5.97 Å². The Balaban J connectivity index is 2.76. The lowest BCUT2D eigenvalue weighted by molar-refractivity contribution is -0.143. The molecular formula is C16H25NO3S. The molecule has 0 fully saturated rings. The smallest absolute Gasteiger partial charge is 0.305 e. The zero-order valence-corrected chi connectivity index (χ0v) is 14.0. The Kier molecular flexibility index (Phi) is 7.05. The maximum Gasteiger partial charge on any atom is 0.305 e. The van der Waals surface area contributed by atoms with Crippen molar-refractivity contribution in [3.8, 4) is 0 Å². The van der Waals surface area contributed by atoms with Crippen LogP contribution in [0, 0.1) is 0 Å². The Labute approximate surface area is 129 Å². The van der Waals surface area contributed by atoms with Gasteiger partial charge in [-0.05, 0) is 39.7 Å². The Hall–Kier alpha value is -1.20. The Morgan fingerprint density at radius 2 is 1.90 bits per heavy atom. The second-order valence-corrected chi connectivity index (χ2v) is 7.80. The minimum atomic E-state index is -1.19. The molecule has 21 heavy (non-hydrogen) atoms. The van der Waals surface area contributed by atoms with Crippen LogP contribution in [0.25, 0.3) is 0 Å². The minimum absolute atomic E-state index is 0.129. The van der Waals surface area contributed by atoms with Crippen LogP contribution in [0.15, 0.2) is 30.3 Å². The second-order valence-electron chi connectivity index (χ2n) is 5.81. The van der Waals surface area contributed by atoms with Gasteiger partial charge in [0.25, 0.3) is 0 Å². The van der Waals surface area contributed by atoms with Gasteiger partial charge in [0.2, 0.25) is 0 Å². The van der Waals surface area contributed by atoms with Gasteiger partial charge in [-0.15, -0.1) is 0 Å². The summed E-state index contributed by atoms with van der Waals surface area (Å²) in [5, 5.41) is 0. The number of ether oxygens (including phenoxy) is 1. The number of nitrogens with one attached hydrogen (secondary N) is 1. The average molecular weight is 311 g/mol. The topological polar surface area (TPSA) is 55.4 Å². The Morgan fingerprint density at radius 3 is 2.43 bits per heavy atom. The molecule has 4 nitrogen and oxygen atoms in total. The van der Waals surface area contributed by atoms with E-state index in [0.29, 0.717) is 19.4 Å². The number of carbonyl (C=O) groups excluding carboxylic acids is 1. The van der Waals surface area contributed by atoms with Gasteiger partial charge < -0.3 is 4.74 Å². The zero-order chi connectivity index (χ0) is 15.9. The van der Waals surface area contributed by atoms with Gasteiger partial charge in [0.05, 0.1) is 22.3 Å². The van der Waals surface area contributed by atoms with Crippen molar-refractivity contribution in [3.05, 3.63) is 35.9 Å². The SMILES string of the molecule is CCOC(=O)CC[C@@H](N[S@@](=O)C(C)(C)C)c1ccccc1. The number of carbonyl (C=O) groups is 1. The molecule has 1 rings (SSSR count). The van der Waals surface area contributed by atoms with E-state index in [4.69, 9.17) is 4.74 Å². The van der Waals surface area contributed by atoms with Gasteiger partial charge in [-0.1, -0.05) is 30.3 Å². The molecule has 0 aliphatic rings. The van der Waals surface area contributed by atoms with Crippen LogP contribution in [0.5, 0.6) is 0 Å². The van der Waals surface area contributed by atoms with E-state index < -0.39 is 11.0 Å². The predicted octanol–water partition coefficient (Wildman–Crippen LogP) is 3.12. The first-order valence-electron chi connectivity index (χ1n) is 7.23. The lowest BCUT2D eigenvalue weighted by atomic mass is 10.0. The predicted molar refractivity (Wildman–Crippen MR) is 86.1 cm³/mol. The summed E-state index contributed by atoms with van der Waals surface area (Å²) in [5.74, 6) is -0.221. The van der Waals surface area contributed by atoms with Gasteiger partial charge in [-0.3, -0.25) is 4.79 Å². The molecule has 0 spiro atoms. The molecule has 5 heteroatoms. The van der Waals surface area contributed by atoms with Crippen LogP contribution in [0.3, 0.4) is 0 Å². The van der Waals surface area contributed by atoms with E-state index in [9.17, 15) is 9.00 Å². The van der Waals surface area contributed by atoms with Crippen LogP contribution in [-0.2, 0) is 20.5 Å². The molecule has 1 N–H and O–H groups in total. The molecule has 0 heterocycles. The molecule has 1 aromatic carbocycles. The summed E-state index contributed by atoms with van der Waals surface area (Å²) >= 11 is 0. The summed E-state index contributed by atoms with van der Waals surface area (Å²) in [5.41, 5.74) is 1.03. The molecule has 0 unspecified atom stereocenters. The van der Waals surface area contributed by atoms with Crippen molar-refractivity contribution in [2.45, 2.75) is 51.3 Å². The zero-order valence-electron chi connectivity index (χ0n) is 13.2. The van der Waals surface area contributed by atoms with Crippen LogP contribution in [0.1, 0.15) is 52.1 Å². The molecule has 0 saturated heterocycles. The normalized spacial score (nSPS) is 14.5. The largest absolute Gasteiger partial charge is 0.466 e. The molecule has 0 amide bonds. The molecular weight excluding hydrogens is 286 g/mol. The van der Waals surface area contributed by atoms with E-state index in [1.165, 1.54) is 0 Å². The van der Waals surface area contributed by atoms with E-state index in [1.54, 1.807) is 6.92 Å². The minimum Gasteiger partial charge on any atom is -0.466 e. The fourth-order valence-corrected chi connectivity index (χ4v) is 2.65. The van der Waals surface area contributed by atoms with Crippen molar-refractivity contribution < 1.29 is 13.7 Å². The van der Waals surface area contributed by atoms with Gasteiger partial charge in [0.1, 0.15) is 0 Å². The summed E-state index contributed by atoms with van der Waals surface area (Å²) < 4.78 is 20.0. The average Bonchev–Trinajstić information content (AvgIpc) is 2.43. The molecule has 0 aliphatic carbocycles. The maximum atomic E-state index is 12.3. The highest BCUT2D eigenvalue weighted by atomic mass is 32.2. The third-order valence-corrected chi connectivity index (χ3v) is 4.56. The van der Waals surface area contributed by atoms with Crippen molar-refractivity contribution in [1.82, 2.24) is 4.72 Å². The van der Waals surface area contributed by atoms with Crippen molar-refractivity contribution in [1.29, 1.82) is 0 Å². The van der Waals surface area contributed by atoms with Crippen LogP contribution in [0.4, 0.5) is 0 Å². The number of hydrogen-bond donors (Lipinski definition) is 1. The molecule has 0 saturated carbocycles. The first-order valence-corrected chi connectivity index (χ1v) is 8.38. The highest BCUT2D eigenvalue weighted by Gasteiger charge is 2.24. The van der Waals surface area contributed by atoms with E-state index in [-0.39, 0.29) is 16.8 Å². The summed E-state index contributed by atoms with van der Waals surface area (Å²) in [6, 6.07) is 9.64. The van der Waals surface area contributed by atoms with Gasteiger partial charge in [-0.2, -0.15) is 0 Å². The monoisotopic (exact) mass is 311 g/mol. The molecule has 118 valence electrons. The third kappa shape index (κ3) is 6.40. The van der Waals surface area contributed by atoms with Crippen molar-refractivity contribution in [2.24, 2.45) is 0 Å². The van der Waals surface area contributed by atoms with Crippen LogP contribution >= 0.6 is 0 Å². The highest BCUT2D eigenvalue weighted by molar-refractivity contribution is 7.84. The first kappa shape index (κ1) is 17.9. The standard InChI is InChI=1S/C16H25NO3S/c1-5-20-15(18)12-11-14(13-9-7-6-8-10-13)17-21(19)16(2,3)4/h6-10,14,17H,5,11-12H2,1-4H3/t14-,21+/m1/s1. The maximum absolute atomic E-state index is 12.3. The molecule has 1 aromatic rings. The lowest BCUT2D eigenvalue weighted by Gasteiger charge is -2.24. The van der Waals surface area contributed by atoms with E-state index >= 15 is 0 Å². The number of rotatable bonds is 7. The third-order valence-electron chi connectivity index (χ3n) is 2.95. The van der Waals surface area contributed by atoms with Crippen LogP contribution in [0.2, 0.25) is 0 Å². The van der Waals surface area contributed by atoms with Crippen LogP contribution in [-0.4, -0.2) is 21.5 Å². The molecule has 2 atom stereocenters. The van der Waals surface area contributed by atoms with Gasteiger partial charge in [-0.25, -0.2) is 8.93 Å².